The monoisotopic (exact) mass is 292 g/mol. The molecule has 0 saturated carbocycles. The predicted octanol–water partition coefficient (Wildman–Crippen LogP) is 2.06. The van der Waals surface area contributed by atoms with Crippen molar-refractivity contribution < 1.29 is 19.1 Å². The lowest BCUT2D eigenvalue weighted by molar-refractivity contribution is -0.137. The second-order valence-electron chi connectivity index (χ2n) is 4.31. The number of rotatable bonds is 4. The zero-order chi connectivity index (χ0) is 15.4. The van der Waals surface area contributed by atoms with Crippen LogP contribution in [0.4, 0.5) is 20.6 Å². The van der Waals surface area contributed by atoms with Gasteiger partial charge in [0.15, 0.2) is 0 Å². The number of amides is 2. The number of nitrogens with zero attached hydrogens (tertiary/aromatic N) is 2. The van der Waals surface area contributed by atoms with Crippen LogP contribution >= 0.6 is 0 Å². The number of hydrogen-bond acceptors (Lipinski definition) is 3. The van der Waals surface area contributed by atoms with Crippen molar-refractivity contribution in [2.45, 2.75) is 13.5 Å². The number of carbonyl (C=O) groups is 2. The van der Waals surface area contributed by atoms with E-state index in [1.54, 1.807) is 13.0 Å². The van der Waals surface area contributed by atoms with Gasteiger partial charge in [-0.1, -0.05) is 6.07 Å². The minimum absolute atomic E-state index is 0.299. The van der Waals surface area contributed by atoms with Gasteiger partial charge in [0.2, 0.25) is 0 Å². The Morgan fingerprint density at radius 2 is 2.14 bits per heavy atom. The van der Waals surface area contributed by atoms with Gasteiger partial charge in [-0.2, -0.15) is 5.10 Å². The first kappa shape index (κ1) is 14.5. The van der Waals surface area contributed by atoms with E-state index in [-0.39, 0.29) is 6.54 Å². The van der Waals surface area contributed by atoms with Crippen LogP contribution in [0.5, 0.6) is 0 Å². The fourth-order valence-corrected chi connectivity index (χ4v) is 1.68. The number of halogens is 1. The molecule has 0 unspecified atom stereocenters. The molecular weight excluding hydrogens is 279 g/mol. The number of carboxylic acids is 1. The van der Waals surface area contributed by atoms with E-state index in [2.05, 4.69) is 15.7 Å². The van der Waals surface area contributed by atoms with Crippen LogP contribution in [0.25, 0.3) is 0 Å². The van der Waals surface area contributed by atoms with Gasteiger partial charge in [-0.25, -0.2) is 9.18 Å². The molecule has 7 nitrogen and oxygen atoms in total. The van der Waals surface area contributed by atoms with Crippen LogP contribution in [0.3, 0.4) is 0 Å². The smallest absolute Gasteiger partial charge is 0.325 e. The summed E-state index contributed by atoms with van der Waals surface area (Å²) in [5.41, 5.74) is 1.02. The van der Waals surface area contributed by atoms with Gasteiger partial charge in [0.05, 0.1) is 11.9 Å². The second kappa shape index (κ2) is 6.04. The molecular formula is C13H13FN4O3. The molecule has 3 N–H and O–H groups in total. The summed E-state index contributed by atoms with van der Waals surface area (Å²) in [5, 5.41) is 17.4. The second-order valence-corrected chi connectivity index (χ2v) is 4.31. The third-order valence-corrected chi connectivity index (χ3v) is 2.70. The average Bonchev–Trinajstić information content (AvgIpc) is 2.81. The summed E-state index contributed by atoms with van der Waals surface area (Å²) in [7, 11) is 0. The Bertz CT molecular complexity index is 684. The van der Waals surface area contributed by atoms with Crippen LogP contribution in [0.1, 0.15) is 5.56 Å². The van der Waals surface area contributed by atoms with Gasteiger partial charge >= 0.3 is 12.0 Å². The Morgan fingerprint density at radius 3 is 2.86 bits per heavy atom. The van der Waals surface area contributed by atoms with E-state index in [1.165, 1.54) is 29.2 Å². The van der Waals surface area contributed by atoms with Crippen LogP contribution in [0.15, 0.2) is 30.6 Å². The Kier molecular flexibility index (Phi) is 4.17. The molecule has 0 atom stereocenters. The zero-order valence-electron chi connectivity index (χ0n) is 11.1. The van der Waals surface area contributed by atoms with Crippen LogP contribution in [0.2, 0.25) is 0 Å². The van der Waals surface area contributed by atoms with Crippen molar-refractivity contribution in [3.8, 4) is 0 Å². The van der Waals surface area contributed by atoms with Crippen LogP contribution < -0.4 is 10.6 Å². The van der Waals surface area contributed by atoms with Gasteiger partial charge in [-0.15, -0.1) is 0 Å². The molecule has 21 heavy (non-hydrogen) atoms. The Labute approximate surface area is 119 Å². The van der Waals surface area contributed by atoms with Crippen LogP contribution in [0, 0.1) is 12.7 Å². The Balaban J connectivity index is 2.00. The molecule has 2 rings (SSSR count). The Hall–Kier alpha value is -2.90. The largest absolute Gasteiger partial charge is 0.480 e. The number of anilines is 2. The van der Waals surface area contributed by atoms with Crippen molar-refractivity contribution in [1.29, 1.82) is 0 Å². The highest BCUT2D eigenvalue weighted by molar-refractivity contribution is 6.00. The van der Waals surface area contributed by atoms with Crippen molar-refractivity contribution in [3.05, 3.63) is 42.0 Å². The molecule has 1 heterocycles. The van der Waals surface area contributed by atoms with E-state index in [0.717, 1.165) is 0 Å². The molecule has 2 amide bonds. The normalized spacial score (nSPS) is 10.2. The summed E-state index contributed by atoms with van der Waals surface area (Å²) in [6, 6.07) is 3.79. The number of carboxylic acid groups (broad SMARTS) is 1. The van der Waals surface area contributed by atoms with E-state index >= 15 is 0 Å². The molecule has 0 fully saturated rings. The lowest BCUT2D eigenvalue weighted by Crippen LogP contribution is -2.20. The van der Waals surface area contributed by atoms with Crippen molar-refractivity contribution in [3.63, 3.8) is 0 Å². The molecule has 2 aromatic rings. The van der Waals surface area contributed by atoms with Crippen molar-refractivity contribution in [2.75, 3.05) is 10.6 Å². The molecule has 110 valence electrons. The average molecular weight is 292 g/mol. The summed E-state index contributed by atoms with van der Waals surface area (Å²) in [4.78, 5) is 22.3. The summed E-state index contributed by atoms with van der Waals surface area (Å²) >= 11 is 0. The molecule has 0 aliphatic rings. The molecule has 0 spiro atoms. The maximum Gasteiger partial charge on any atom is 0.325 e. The lowest BCUT2D eigenvalue weighted by atomic mass is 10.2. The van der Waals surface area contributed by atoms with Gasteiger partial charge in [0, 0.05) is 17.4 Å². The summed E-state index contributed by atoms with van der Waals surface area (Å²) in [5.74, 6) is -1.45. The highest BCUT2D eigenvalue weighted by Gasteiger charge is 2.09. The van der Waals surface area contributed by atoms with Crippen LogP contribution in [-0.4, -0.2) is 26.9 Å². The molecule has 0 aliphatic heterocycles. The minimum Gasteiger partial charge on any atom is -0.480 e. The number of carbonyl (C=O) groups excluding carboxylic acids is 1. The van der Waals surface area contributed by atoms with Gasteiger partial charge in [0.25, 0.3) is 0 Å². The minimum atomic E-state index is -1.04. The fraction of sp³-hybridized carbons (Fsp3) is 0.154. The van der Waals surface area contributed by atoms with Gasteiger partial charge in [0.1, 0.15) is 12.4 Å². The van der Waals surface area contributed by atoms with E-state index in [1.807, 2.05) is 0 Å². The van der Waals surface area contributed by atoms with E-state index in [0.29, 0.717) is 16.9 Å². The number of nitrogens with one attached hydrogen (secondary N) is 2. The van der Waals surface area contributed by atoms with Crippen LogP contribution in [-0.2, 0) is 11.3 Å². The molecule has 1 aromatic carbocycles. The quantitative estimate of drug-likeness (QED) is 0.803. The molecule has 1 aromatic heterocycles. The highest BCUT2D eigenvalue weighted by Crippen LogP contribution is 2.17. The number of aromatic nitrogens is 2. The van der Waals surface area contributed by atoms with E-state index in [9.17, 15) is 14.0 Å². The molecule has 0 aliphatic carbocycles. The van der Waals surface area contributed by atoms with E-state index < -0.39 is 17.8 Å². The summed E-state index contributed by atoms with van der Waals surface area (Å²) in [6.45, 7) is 1.25. The van der Waals surface area contributed by atoms with E-state index in [4.69, 9.17) is 5.11 Å². The Morgan fingerprint density at radius 1 is 1.38 bits per heavy atom. The fourth-order valence-electron chi connectivity index (χ4n) is 1.68. The number of hydrogen-bond donors (Lipinski definition) is 3. The molecule has 0 saturated heterocycles. The molecule has 0 radical (unpaired) electrons. The number of aliphatic carboxylic acids is 1. The maximum absolute atomic E-state index is 13.3. The number of urea groups is 1. The zero-order valence-corrected chi connectivity index (χ0v) is 11.1. The van der Waals surface area contributed by atoms with Crippen molar-refractivity contribution in [2.24, 2.45) is 0 Å². The van der Waals surface area contributed by atoms with Gasteiger partial charge in [-0.05, 0) is 19.1 Å². The third-order valence-electron chi connectivity index (χ3n) is 2.70. The predicted molar refractivity (Wildman–Crippen MR) is 73.6 cm³/mol. The number of benzene rings is 1. The van der Waals surface area contributed by atoms with Crippen molar-refractivity contribution in [1.82, 2.24) is 9.78 Å². The summed E-state index contributed by atoms with van der Waals surface area (Å²) < 4.78 is 14.5. The first-order valence-electron chi connectivity index (χ1n) is 6.03. The van der Waals surface area contributed by atoms with Crippen molar-refractivity contribution >= 4 is 23.4 Å². The highest BCUT2D eigenvalue weighted by atomic mass is 19.1. The van der Waals surface area contributed by atoms with Gasteiger partial charge in [-0.3, -0.25) is 9.48 Å². The molecule has 8 heteroatoms. The first-order valence-corrected chi connectivity index (χ1v) is 6.03. The van der Waals surface area contributed by atoms with Gasteiger partial charge < -0.3 is 15.7 Å². The topological polar surface area (TPSA) is 96.3 Å². The third kappa shape index (κ3) is 3.78. The standard InChI is InChI=1S/C13H13FN4O3/c1-8-10(14)3-2-4-11(8)17-13(21)16-9-5-15-18(6-9)7-12(19)20/h2-6H,7H2,1H3,(H,19,20)(H2,16,17,21). The molecule has 0 bridgehead atoms. The maximum atomic E-state index is 13.3. The first-order chi connectivity index (χ1) is 9.95. The summed E-state index contributed by atoms with van der Waals surface area (Å²) in [6.07, 6.45) is 2.70. The lowest BCUT2D eigenvalue weighted by Gasteiger charge is -2.09. The SMILES string of the molecule is Cc1c(F)cccc1NC(=O)Nc1cnn(CC(=O)O)c1.